The molecule has 2 rings (SSSR count). The zero-order valence-electron chi connectivity index (χ0n) is 14.3. The first-order valence-electron chi connectivity index (χ1n) is 8.03. The molecule has 0 aromatic carbocycles. The summed E-state index contributed by atoms with van der Waals surface area (Å²) in [5.74, 6) is 0.0481. The smallest absolute Gasteiger partial charge is 0.322 e. The molecule has 1 atom stereocenters. The third-order valence-corrected chi connectivity index (χ3v) is 4.85. The van der Waals surface area contributed by atoms with Crippen molar-refractivity contribution in [3.63, 3.8) is 0 Å². The summed E-state index contributed by atoms with van der Waals surface area (Å²) in [5, 5.41) is 6.74. The van der Waals surface area contributed by atoms with Crippen molar-refractivity contribution in [2.45, 2.75) is 39.8 Å². The lowest BCUT2D eigenvalue weighted by Gasteiger charge is -2.37. The second-order valence-corrected chi connectivity index (χ2v) is 7.49. The third kappa shape index (κ3) is 4.94. The van der Waals surface area contributed by atoms with E-state index in [2.05, 4.69) is 15.5 Å². The summed E-state index contributed by atoms with van der Waals surface area (Å²) in [6.07, 6.45) is 0. The van der Waals surface area contributed by atoms with E-state index in [-0.39, 0.29) is 24.0 Å². The number of anilines is 1. The van der Waals surface area contributed by atoms with Crippen LogP contribution in [0.4, 0.5) is 9.80 Å². The lowest BCUT2D eigenvalue weighted by atomic mass is 10.2. The fourth-order valence-electron chi connectivity index (χ4n) is 2.57. The zero-order chi connectivity index (χ0) is 17.0. The van der Waals surface area contributed by atoms with E-state index in [1.165, 1.54) is 4.88 Å². The maximum atomic E-state index is 12.3. The summed E-state index contributed by atoms with van der Waals surface area (Å²) in [5.41, 5.74) is 0. The fraction of sp³-hybridized carbons (Fsp3) is 0.625. The predicted molar refractivity (Wildman–Crippen MR) is 94.0 cm³/mol. The molecule has 1 aliphatic rings. The van der Waals surface area contributed by atoms with Gasteiger partial charge in [-0.3, -0.25) is 15.0 Å². The molecule has 1 saturated heterocycles. The second-order valence-electron chi connectivity index (χ2n) is 6.20. The maximum Gasteiger partial charge on any atom is 0.322 e. The van der Waals surface area contributed by atoms with Crippen molar-refractivity contribution in [3.8, 4) is 0 Å². The standard InChI is InChI=1S/C16H26N4O2S/c1-11(2)17-15(21)13(4)19-7-9-20(10-8-19)16(22)18-14-6-5-12(3)23-14/h5-6,11,13H,7-10H2,1-4H3,(H,17,21)(H,18,22). The molecule has 6 nitrogen and oxygen atoms in total. The highest BCUT2D eigenvalue weighted by molar-refractivity contribution is 7.16. The van der Waals surface area contributed by atoms with Crippen molar-refractivity contribution >= 4 is 28.3 Å². The van der Waals surface area contributed by atoms with Gasteiger partial charge in [-0.2, -0.15) is 0 Å². The highest BCUT2D eigenvalue weighted by atomic mass is 32.1. The minimum Gasteiger partial charge on any atom is -0.353 e. The number of hydrogen-bond donors (Lipinski definition) is 2. The average Bonchev–Trinajstić information content (AvgIpc) is 2.91. The number of urea groups is 1. The number of nitrogens with zero attached hydrogens (tertiary/aromatic N) is 2. The second kappa shape index (κ2) is 7.79. The quantitative estimate of drug-likeness (QED) is 0.884. The normalized spacial score (nSPS) is 17.2. The van der Waals surface area contributed by atoms with Crippen molar-refractivity contribution in [1.82, 2.24) is 15.1 Å². The summed E-state index contributed by atoms with van der Waals surface area (Å²) in [6, 6.07) is 3.83. The number of amides is 3. The van der Waals surface area contributed by atoms with Crippen LogP contribution in [0.3, 0.4) is 0 Å². The van der Waals surface area contributed by atoms with E-state index in [1.54, 1.807) is 16.2 Å². The van der Waals surface area contributed by atoms with Gasteiger partial charge in [0.1, 0.15) is 0 Å². The molecule has 23 heavy (non-hydrogen) atoms. The molecule has 2 heterocycles. The van der Waals surface area contributed by atoms with Gasteiger partial charge in [-0.25, -0.2) is 4.79 Å². The predicted octanol–water partition coefficient (Wildman–Crippen LogP) is 2.12. The first kappa shape index (κ1) is 17.7. The number of thiophene rings is 1. The Kier molecular flexibility index (Phi) is 6.01. The lowest BCUT2D eigenvalue weighted by Crippen LogP contribution is -2.56. The SMILES string of the molecule is Cc1ccc(NC(=O)N2CCN(C(C)C(=O)NC(C)C)CC2)s1. The molecule has 0 spiro atoms. The fourth-order valence-corrected chi connectivity index (χ4v) is 3.33. The number of carbonyl (C=O) groups is 2. The van der Waals surface area contributed by atoms with Crippen LogP contribution in [0.2, 0.25) is 0 Å². The Balaban J connectivity index is 1.81. The number of piperazine rings is 1. The number of aryl methyl sites for hydroxylation is 1. The monoisotopic (exact) mass is 338 g/mol. The average molecular weight is 338 g/mol. The number of rotatable bonds is 4. The molecule has 0 bridgehead atoms. The molecule has 1 fully saturated rings. The van der Waals surface area contributed by atoms with Crippen LogP contribution >= 0.6 is 11.3 Å². The molecule has 2 N–H and O–H groups in total. The minimum absolute atomic E-state index is 0.0481. The van der Waals surface area contributed by atoms with Gasteiger partial charge in [-0.1, -0.05) is 0 Å². The molecule has 3 amide bonds. The number of hydrogen-bond acceptors (Lipinski definition) is 4. The highest BCUT2D eigenvalue weighted by Gasteiger charge is 2.27. The van der Waals surface area contributed by atoms with E-state index < -0.39 is 0 Å². The Morgan fingerprint density at radius 2 is 1.78 bits per heavy atom. The topological polar surface area (TPSA) is 64.7 Å². The first-order chi connectivity index (χ1) is 10.9. The molecule has 1 aromatic rings. The summed E-state index contributed by atoms with van der Waals surface area (Å²) in [6.45, 7) is 10.5. The molecule has 1 aliphatic heterocycles. The van der Waals surface area contributed by atoms with Gasteiger partial charge in [0.05, 0.1) is 11.0 Å². The molecule has 1 unspecified atom stereocenters. The van der Waals surface area contributed by atoms with Crippen LogP contribution in [0, 0.1) is 6.92 Å². The van der Waals surface area contributed by atoms with Crippen LogP contribution in [-0.2, 0) is 4.79 Å². The van der Waals surface area contributed by atoms with Gasteiger partial charge in [-0.15, -0.1) is 11.3 Å². The van der Waals surface area contributed by atoms with Crippen molar-refractivity contribution in [3.05, 3.63) is 17.0 Å². The molecule has 128 valence electrons. The van der Waals surface area contributed by atoms with Crippen LogP contribution in [0.25, 0.3) is 0 Å². The Labute approximate surface area is 141 Å². The van der Waals surface area contributed by atoms with Gasteiger partial charge in [0.2, 0.25) is 5.91 Å². The minimum atomic E-state index is -0.164. The summed E-state index contributed by atoms with van der Waals surface area (Å²) in [7, 11) is 0. The number of carbonyl (C=O) groups excluding carboxylic acids is 2. The Morgan fingerprint density at radius 3 is 2.30 bits per heavy atom. The van der Waals surface area contributed by atoms with Crippen LogP contribution < -0.4 is 10.6 Å². The van der Waals surface area contributed by atoms with Gasteiger partial charge in [-0.05, 0) is 39.8 Å². The van der Waals surface area contributed by atoms with Crippen molar-refractivity contribution in [2.75, 3.05) is 31.5 Å². The lowest BCUT2D eigenvalue weighted by molar-refractivity contribution is -0.126. The van der Waals surface area contributed by atoms with Crippen LogP contribution in [0.1, 0.15) is 25.6 Å². The Hall–Kier alpha value is -1.60. The molecule has 0 radical (unpaired) electrons. The molecular weight excluding hydrogens is 312 g/mol. The van der Waals surface area contributed by atoms with Crippen LogP contribution in [0.5, 0.6) is 0 Å². The van der Waals surface area contributed by atoms with E-state index in [0.717, 1.165) is 5.00 Å². The molecule has 0 saturated carbocycles. The van der Waals surface area contributed by atoms with Crippen molar-refractivity contribution < 1.29 is 9.59 Å². The van der Waals surface area contributed by atoms with E-state index in [4.69, 9.17) is 0 Å². The zero-order valence-corrected chi connectivity index (χ0v) is 15.1. The van der Waals surface area contributed by atoms with Crippen LogP contribution in [0.15, 0.2) is 12.1 Å². The van der Waals surface area contributed by atoms with E-state index in [0.29, 0.717) is 26.2 Å². The van der Waals surface area contributed by atoms with Crippen LogP contribution in [-0.4, -0.2) is 60.0 Å². The van der Waals surface area contributed by atoms with Gasteiger partial charge in [0.15, 0.2) is 0 Å². The van der Waals surface area contributed by atoms with Gasteiger partial charge < -0.3 is 10.2 Å². The first-order valence-corrected chi connectivity index (χ1v) is 8.85. The van der Waals surface area contributed by atoms with E-state index in [9.17, 15) is 9.59 Å². The maximum absolute atomic E-state index is 12.3. The molecular formula is C16H26N4O2S. The third-order valence-electron chi connectivity index (χ3n) is 3.93. The van der Waals surface area contributed by atoms with E-state index in [1.807, 2.05) is 39.8 Å². The van der Waals surface area contributed by atoms with Crippen molar-refractivity contribution in [1.29, 1.82) is 0 Å². The molecule has 0 aliphatic carbocycles. The van der Waals surface area contributed by atoms with Crippen molar-refractivity contribution in [2.24, 2.45) is 0 Å². The Bertz CT molecular complexity index is 550. The summed E-state index contributed by atoms with van der Waals surface area (Å²) >= 11 is 1.57. The summed E-state index contributed by atoms with van der Waals surface area (Å²) < 4.78 is 0. The van der Waals surface area contributed by atoms with Gasteiger partial charge in [0, 0.05) is 37.1 Å². The molecule has 1 aromatic heterocycles. The highest BCUT2D eigenvalue weighted by Crippen LogP contribution is 2.21. The molecule has 7 heteroatoms. The number of nitrogens with one attached hydrogen (secondary N) is 2. The van der Waals surface area contributed by atoms with Gasteiger partial charge in [0.25, 0.3) is 0 Å². The van der Waals surface area contributed by atoms with Gasteiger partial charge >= 0.3 is 6.03 Å². The summed E-state index contributed by atoms with van der Waals surface area (Å²) in [4.78, 5) is 29.4. The van der Waals surface area contributed by atoms with E-state index >= 15 is 0 Å². The largest absolute Gasteiger partial charge is 0.353 e. The Morgan fingerprint density at radius 1 is 1.13 bits per heavy atom.